The van der Waals surface area contributed by atoms with Crippen molar-refractivity contribution < 1.29 is 14.3 Å². The summed E-state index contributed by atoms with van der Waals surface area (Å²) >= 11 is 0. The van der Waals surface area contributed by atoms with Gasteiger partial charge < -0.3 is 10.5 Å². The van der Waals surface area contributed by atoms with Crippen molar-refractivity contribution in [3.8, 4) is 0 Å². The molecule has 0 spiro atoms. The smallest absolute Gasteiger partial charge is 0.338 e. The maximum Gasteiger partial charge on any atom is 0.338 e. The number of ether oxygens (including phenoxy) is 1. The quantitative estimate of drug-likeness (QED) is 0.801. The Kier molecular flexibility index (Phi) is 3.18. The largest absolute Gasteiger partial charge is 0.449 e. The van der Waals surface area contributed by atoms with Gasteiger partial charge in [-0.05, 0) is 25.1 Å². The number of hydrogen-bond donors (Lipinski definition) is 1. The molecule has 0 aliphatic heterocycles. The molecule has 1 heterocycles. The van der Waals surface area contributed by atoms with E-state index in [1.165, 1.54) is 13.1 Å². The number of nitrogens with two attached hydrogens (primary N) is 1. The highest BCUT2D eigenvalue weighted by molar-refractivity contribution is 5.95. The Labute approximate surface area is 103 Å². The van der Waals surface area contributed by atoms with Crippen LogP contribution in [0, 0.1) is 0 Å². The highest BCUT2D eigenvalue weighted by atomic mass is 16.5. The van der Waals surface area contributed by atoms with E-state index in [9.17, 15) is 9.59 Å². The lowest BCUT2D eigenvalue weighted by Gasteiger charge is -2.09. The van der Waals surface area contributed by atoms with E-state index >= 15 is 0 Å². The highest BCUT2D eigenvalue weighted by Crippen LogP contribution is 2.12. The predicted molar refractivity (Wildman–Crippen MR) is 63.6 cm³/mol. The van der Waals surface area contributed by atoms with Crippen LogP contribution < -0.4 is 5.73 Å². The topological polar surface area (TPSA) is 95.2 Å². The van der Waals surface area contributed by atoms with Gasteiger partial charge in [0.2, 0.25) is 0 Å². The Balaban J connectivity index is 2.25. The van der Waals surface area contributed by atoms with Gasteiger partial charge in [-0.1, -0.05) is 0 Å². The molecule has 6 heteroatoms. The summed E-state index contributed by atoms with van der Waals surface area (Å²) in [5.74, 6) is -1.31. The molecule has 0 radical (unpaired) electrons. The molecule has 0 saturated heterocycles. The Hall–Kier alpha value is -2.50. The third-order valence-electron chi connectivity index (χ3n) is 2.39. The zero-order chi connectivity index (χ0) is 13.1. The number of carbonyl (C=O) groups is 2. The second-order valence-electron chi connectivity index (χ2n) is 3.71. The van der Waals surface area contributed by atoms with Crippen molar-refractivity contribution in [2.45, 2.75) is 13.0 Å². The van der Waals surface area contributed by atoms with Crippen molar-refractivity contribution in [1.29, 1.82) is 0 Å². The molecule has 18 heavy (non-hydrogen) atoms. The summed E-state index contributed by atoms with van der Waals surface area (Å²) in [5, 5.41) is 0. The van der Waals surface area contributed by atoms with Crippen molar-refractivity contribution in [2.75, 3.05) is 0 Å². The molecule has 2 N–H and O–H groups in total. The Morgan fingerprint density at radius 1 is 1.22 bits per heavy atom. The van der Waals surface area contributed by atoms with Gasteiger partial charge >= 0.3 is 5.97 Å². The molecule has 0 aliphatic carbocycles. The third-order valence-corrected chi connectivity index (χ3v) is 2.39. The molecule has 0 fully saturated rings. The van der Waals surface area contributed by atoms with E-state index in [0.29, 0.717) is 16.6 Å². The summed E-state index contributed by atoms with van der Waals surface area (Å²) in [5.41, 5.74) is 6.58. The zero-order valence-electron chi connectivity index (χ0n) is 9.66. The molecular formula is C12H11N3O3. The molecule has 1 atom stereocenters. The first kappa shape index (κ1) is 12.0. The number of esters is 1. The molecule has 1 unspecified atom stereocenters. The lowest BCUT2D eigenvalue weighted by molar-refractivity contribution is -0.125. The van der Waals surface area contributed by atoms with Gasteiger partial charge in [0.25, 0.3) is 5.91 Å². The van der Waals surface area contributed by atoms with Crippen LogP contribution in [0.5, 0.6) is 0 Å². The number of fused-ring (bicyclic) bond motifs is 1. The lowest BCUT2D eigenvalue weighted by Crippen LogP contribution is -2.30. The first-order chi connectivity index (χ1) is 8.58. The number of primary amides is 1. The zero-order valence-corrected chi connectivity index (χ0v) is 9.66. The minimum Gasteiger partial charge on any atom is -0.449 e. The standard InChI is InChI=1S/C12H11N3O3/c1-7(11(13)16)18-12(17)8-2-3-9-10(6-8)15-5-4-14-9/h2-7H,1H3,(H2,13,16). The second kappa shape index (κ2) is 4.79. The first-order valence-electron chi connectivity index (χ1n) is 5.29. The number of benzene rings is 1. The van der Waals surface area contributed by atoms with Crippen LogP contribution in [0.15, 0.2) is 30.6 Å². The molecule has 1 amide bonds. The Morgan fingerprint density at radius 3 is 2.56 bits per heavy atom. The number of amides is 1. The highest BCUT2D eigenvalue weighted by Gasteiger charge is 2.16. The summed E-state index contributed by atoms with van der Waals surface area (Å²) in [6.45, 7) is 1.42. The van der Waals surface area contributed by atoms with E-state index < -0.39 is 18.0 Å². The minimum absolute atomic E-state index is 0.302. The first-order valence-corrected chi connectivity index (χ1v) is 5.29. The lowest BCUT2D eigenvalue weighted by atomic mass is 10.2. The normalized spacial score (nSPS) is 12.1. The summed E-state index contributed by atoms with van der Waals surface area (Å²) in [6.07, 6.45) is 2.13. The molecule has 1 aromatic carbocycles. The van der Waals surface area contributed by atoms with Crippen molar-refractivity contribution in [3.63, 3.8) is 0 Å². The van der Waals surface area contributed by atoms with E-state index in [2.05, 4.69) is 9.97 Å². The molecule has 0 bridgehead atoms. The summed E-state index contributed by atoms with van der Waals surface area (Å²) in [7, 11) is 0. The number of aromatic nitrogens is 2. The molecule has 0 aliphatic rings. The van der Waals surface area contributed by atoms with E-state index in [0.717, 1.165) is 0 Å². The van der Waals surface area contributed by atoms with Crippen molar-refractivity contribution in [2.24, 2.45) is 5.73 Å². The van der Waals surface area contributed by atoms with Gasteiger partial charge in [-0.3, -0.25) is 14.8 Å². The predicted octanol–water partition coefficient (Wildman–Crippen LogP) is 0.660. The van der Waals surface area contributed by atoms with Crippen molar-refractivity contribution >= 4 is 22.9 Å². The maximum atomic E-state index is 11.7. The van der Waals surface area contributed by atoms with Gasteiger partial charge in [-0.25, -0.2) is 4.79 Å². The van der Waals surface area contributed by atoms with Crippen LogP contribution in [-0.2, 0) is 9.53 Å². The van der Waals surface area contributed by atoms with Crippen LogP contribution >= 0.6 is 0 Å². The van der Waals surface area contributed by atoms with Crippen LogP contribution in [0.4, 0.5) is 0 Å². The van der Waals surface area contributed by atoms with Crippen LogP contribution in [0.25, 0.3) is 11.0 Å². The van der Waals surface area contributed by atoms with E-state index in [4.69, 9.17) is 10.5 Å². The van der Waals surface area contributed by atoms with Gasteiger partial charge in [-0.15, -0.1) is 0 Å². The van der Waals surface area contributed by atoms with Crippen molar-refractivity contribution in [1.82, 2.24) is 9.97 Å². The van der Waals surface area contributed by atoms with Gasteiger partial charge in [0.05, 0.1) is 16.6 Å². The summed E-state index contributed by atoms with van der Waals surface area (Å²) in [4.78, 5) is 30.7. The van der Waals surface area contributed by atoms with Gasteiger partial charge in [0.1, 0.15) is 0 Å². The van der Waals surface area contributed by atoms with Gasteiger partial charge in [0.15, 0.2) is 6.10 Å². The molecule has 6 nitrogen and oxygen atoms in total. The van der Waals surface area contributed by atoms with E-state index in [-0.39, 0.29) is 0 Å². The molecule has 1 aromatic heterocycles. The van der Waals surface area contributed by atoms with E-state index in [1.807, 2.05) is 0 Å². The second-order valence-corrected chi connectivity index (χ2v) is 3.71. The minimum atomic E-state index is -0.963. The van der Waals surface area contributed by atoms with Crippen LogP contribution in [-0.4, -0.2) is 27.9 Å². The average Bonchev–Trinajstić information content (AvgIpc) is 2.37. The monoisotopic (exact) mass is 245 g/mol. The van der Waals surface area contributed by atoms with Crippen LogP contribution in [0.2, 0.25) is 0 Å². The molecular weight excluding hydrogens is 234 g/mol. The Bertz CT molecular complexity index is 612. The molecule has 2 aromatic rings. The van der Waals surface area contributed by atoms with Crippen molar-refractivity contribution in [3.05, 3.63) is 36.2 Å². The number of rotatable bonds is 3. The van der Waals surface area contributed by atoms with Gasteiger partial charge in [0, 0.05) is 12.4 Å². The molecule has 2 rings (SSSR count). The number of nitrogens with zero attached hydrogens (tertiary/aromatic N) is 2. The molecule has 92 valence electrons. The number of carbonyl (C=O) groups excluding carboxylic acids is 2. The molecule has 0 saturated carbocycles. The SMILES string of the molecule is CC(OC(=O)c1ccc2nccnc2c1)C(N)=O. The average molecular weight is 245 g/mol. The number of hydrogen-bond acceptors (Lipinski definition) is 5. The van der Waals surface area contributed by atoms with Crippen LogP contribution in [0.3, 0.4) is 0 Å². The fraction of sp³-hybridized carbons (Fsp3) is 0.167. The summed E-state index contributed by atoms with van der Waals surface area (Å²) in [6, 6.07) is 4.78. The maximum absolute atomic E-state index is 11.7. The summed E-state index contributed by atoms with van der Waals surface area (Å²) < 4.78 is 4.89. The fourth-order valence-corrected chi connectivity index (χ4v) is 1.38. The third kappa shape index (κ3) is 2.42. The van der Waals surface area contributed by atoms with E-state index in [1.54, 1.807) is 24.4 Å². The van der Waals surface area contributed by atoms with Crippen LogP contribution in [0.1, 0.15) is 17.3 Å². The van der Waals surface area contributed by atoms with Gasteiger partial charge in [-0.2, -0.15) is 0 Å². The Morgan fingerprint density at radius 2 is 1.89 bits per heavy atom. The fourth-order valence-electron chi connectivity index (χ4n) is 1.38.